The summed E-state index contributed by atoms with van der Waals surface area (Å²) in [4.78, 5) is 38.4. The van der Waals surface area contributed by atoms with Crippen molar-refractivity contribution in [3.63, 3.8) is 0 Å². The SMILES string of the molecule is O=C(c1ccc(OCC2CCOCC2)cc1)C1CCC(Cn2nnc3ccccc3c2=O)C1C(=O)O. The van der Waals surface area contributed by atoms with Crippen LogP contribution in [0.5, 0.6) is 5.75 Å². The van der Waals surface area contributed by atoms with Gasteiger partial charge in [-0.2, -0.15) is 0 Å². The van der Waals surface area contributed by atoms with E-state index in [1.54, 1.807) is 48.5 Å². The van der Waals surface area contributed by atoms with E-state index in [-0.39, 0.29) is 17.9 Å². The second-order valence-corrected chi connectivity index (χ2v) is 9.66. The van der Waals surface area contributed by atoms with Crippen LogP contribution >= 0.6 is 0 Å². The monoisotopic (exact) mass is 491 g/mol. The number of aliphatic carboxylic acids is 1. The average Bonchev–Trinajstić information content (AvgIpc) is 3.33. The Kier molecular flexibility index (Phi) is 7.09. The number of carbonyl (C=O) groups excluding carboxylic acids is 1. The van der Waals surface area contributed by atoms with Crippen molar-refractivity contribution in [2.24, 2.45) is 23.7 Å². The minimum atomic E-state index is -1.03. The molecule has 2 heterocycles. The lowest BCUT2D eigenvalue weighted by molar-refractivity contribution is -0.144. The van der Waals surface area contributed by atoms with Crippen LogP contribution < -0.4 is 10.3 Å². The molecule has 0 radical (unpaired) electrons. The third-order valence-electron chi connectivity index (χ3n) is 7.41. The fourth-order valence-corrected chi connectivity index (χ4v) is 5.38. The zero-order valence-corrected chi connectivity index (χ0v) is 19.9. The van der Waals surface area contributed by atoms with E-state index in [9.17, 15) is 19.5 Å². The number of hydrogen-bond donors (Lipinski definition) is 1. The van der Waals surface area contributed by atoms with Crippen molar-refractivity contribution in [2.75, 3.05) is 19.8 Å². The van der Waals surface area contributed by atoms with Gasteiger partial charge in [-0.25, -0.2) is 4.68 Å². The van der Waals surface area contributed by atoms with Crippen molar-refractivity contribution in [1.29, 1.82) is 0 Å². The van der Waals surface area contributed by atoms with Crippen molar-refractivity contribution in [2.45, 2.75) is 32.2 Å². The number of Topliss-reactive ketones (excluding diaryl/α,β-unsaturated/α-hetero) is 1. The van der Waals surface area contributed by atoms with Crippen LogP contribution in [0, 0.1) is 23.7 Å². The van der Waals surface area contributed by atoms with E-state index in [2.05, 4.69) is 10.3 Å². The molecule has 1 aliphatic carbocycles. The van der Waals surface area contributed by atoms with Crippen LogP contribution in [0.2, 0.25) is 0 Å². The van der Waals surface area contributed by atoms with Gasteiger partial charge >= 0.3 is 5.97 Å². The highest BCUT2D eigenvalue weighted by Crippen LogP contribution is 2.40. The van der Waals surface area contributed by atoms with Gasteiger partial charge in [-0.3, -0.25) is 14.4 Å². The second-order valence-electron chi connectivity index (χ2n) is 9.66. The summed E-state index contributed by atoms with van der Waals surface area (Å²) in [5, 5.41) is 18.5. The van der Waals surface area contributed by atoms with Crippen LogP contribution in [-0.4, -0.2) is 51.7 Å². The van der Waals surface area contributed by atoms with Gasteiger partial charge in [0.05, 0.1) is 24.5 Å². The van der Waals surface area contributed by atoms with E-state index in [0.717, 1.165) is 26.1 Å². The normalized spacial score (nSPS) is 22.5. The molecule has 0 bridgehead atoms. The van der Waals surface area contributed by atoms with Gasteiger partial charge in [0.2, 0.25) is 0 Å². The third-order valence-corrected chi connectivity index (χ3v) is 7.41. The molecule has 1 aromatic heterocycles. The van der Waals surface area contributed by atoms with E-state index >= 15 is 0 Å². The summed E-state index contributed by atoms with van der Waals surface area (Å²) in [5.41, 5.74) is 0.650. The first kappa shape index (κ1) is 24.1. The average molecular weight is 492 g/mol. The summed E-state index contributed by atoms with van der Waals surface area (Å²) in [7, 11) is 0. The number of rotatable bonds is 8. The van der Waals surface area contributed by atoms with Crippen LogP contribution in [0.15, 0.2) is 53.3 Å². The fourth-order valence-electron chi connectivity index (χ4n) is 5.38. The summed E-state index contributed by atoms with van der Waals surface area (Å²) >= 11 is 0. The highest BCUT2D eigenvalue weighted by molar-refractivity contribution is 6.00. The van der Waals surface area contributed by atoms with Crippen LogP contribution in [0.25, 0.3) is 10.9 Å². The number of benzene rings is 2. The van der Waals surface area contributed by atoms with E-state index in [1.165, 1.54) is 4.68 Å². The van der Waals surface area contributed by atoms with Crippen LogP contribution in [-0.2, 0) is 16.1 Å². The third kappa shape index (κ3) is 5.02. The largest absolute Gasteiger partial charge is 0.493 e. The summed E-state index contributed by atoms with van der Waals surface area (Å²) in [6.07, 6.45) is 2.92. The van der Waals surface area contributed by atoms with Gasteiger partial charge in [0.25, 0.3) is 5.56 Å². The maximum atomic E-state index is 13.3. The standard InChI is InChI=1S/C27H29N3O6/c31-25(18-5-8-20(9-6-18)36-16-17-11-13-35-14-12-17)22-10-7-19(24(22)27(33)34)15-30-26(32)21-3-1-2-4-23(21)28-29-30/h1-6,8-9,17,19,22,24H,7,10-16H2,(H,33,34). The Morgan fingerprint density at radius 1 is 1.03 bits per heavy atom. The summed E-state index contributed by atoms with van der Waals surface area (Å²) in [6, 6.07) is 13.8. The number of fused-ring (bicyclic) bond motifs is 1. The van der Waals surface area contributed by atoms with Crippen molar-refractivity contribution < 1.29 is 24.2 Å². The molecule has 1 saturated carbocycles. The molecule has 1 N–H and O–H groups in total. The van der Waals surface area contributed by atoms with Crippen LogP contribution in [0.1, 0.15) is 36.0 Å². The second kappa shape index (κ2) is 10.6. The van der Waals surface area contributed by atoms with E-state index in [4.69, 9.17) is 9.47 Å². The summed E-state index contributed by atoms with van der Waals surface area (Å²) in [6.45, 7) is 2.24. The fraction of sp³-hybridized carbons (Fsp3) is 0.444. The number of carbonyl (C=O) groups is 2. The maximum absolute atomic E-state index is 13.3. The van der Waals surface area contributed by atoms with Crippen LogP contribution in [0.4, 0.5) is 0 Å². The summed E-state index contributed by atoms with van der Waals surface area (Å²) < 4.78 is 12.5. The minimum absolute atomic E-state index is 0.108. The Morgan fingerprint density at radius 2 is 1.78 bits per heavy atom. The number of aromatic nitrogens is 3. The zero-order valence-electron chi connectivity index (χ0n) is 19.9. The number of hydrogen-bond acceptors (Lipinski definition) is 7. The van der Waals surface area contributed by atoms with Gasteiger partial charge in [0.1, 0.15) is 11.3 Å². The molecule has 1 saturated heterocycles. The molecule has 3 aromatic rings. The zero-order chi connectivity index (χ0) is 25.1. The molecule has 2 aliphatic rings. The van der Waals surface area contributed by atoms with Gasteiger partial charge in [-0.05, 0) is 73.9 Å². The highest BCUT2D eigenvalue weighted by atomic mass is 16.5. The Labute approximate surface area is 208 Å². The molecule has 1 aliphatic heterocycles. The highest BCUT2D eigenvalue weighted by Gasteiger charge is 2.45. The number of ketones is 1. The van der Waals surface area contributed by atoms with Crippen molar-refractivity contribution in [3.8, 4) is 5.75 Å². The molecule has 36 heavy (non-hydrogen) atoms. The Balaban J connectivity index is 1.27. The quantitative estimate of drug-likeness (QED) is 0.477. The number of ether oxygens (including phenoxy) is 2. The van der Waals surface area contributed by atoms with Gasteiger partial charge in [0.15, 0.2) is 5.78 Å². The molecule has 9 nitrogen and oxygen atoms in total. The molecule has 0 amide bonds. The molecule has 2 fully saturated rings. The van der Waals surface area contributed by atoms with Crippen molar-refractivity contribution in [1.82, 2.24) is 15.0 Å². The molecular formula is C27H29N3O6. The lowest BCUT2D eigenvalue weighted by Gasteiger charge is -2.22. The predicted molar refractivity (Wildman–Crippen MR) is 131 cm³/mol. The lowest BCUT2D eigenvalue weighted by atomic mass is 9.84. The molecule has 188 valence electrons. The Bertz CT molecular complexity index is 1300. The molecular weight excluding hydrogens is 462 g/mol. The first-order chi connectivity index (χ1) is 17.5. The first-order valence-electron chi connectivity index (χ1n) is 12.4. The molecule has 3 unspecified atom stereocenters. The van der Waals surface area contributed by atoms with Crippen molar-refractivity contribution in [3.05, 3.63) is 64.4 Å². The lowest BCUT2D eigenvalue weighted by Crippen LogP contribution is -2.34. The molecule has 9 heteroatoms. The molecule has 2 aromatic carbocycles. The number of carboxylic acid groups (broad SMARTS) is 1. The number of carboxylic acids is 1. The van der Waals surface area contributed by atoms with Gasteiger partial charge in [-0.15, -0.1) is 5.10 Å². The number of nitrogens with zero attached hydrogens (tertiary/aromatic N) is 3. The topological polar surface area (TPSA) is 121 Å². The van der Waals surface area contributed by atoms with E-state index in [0.29, 0.717) is 47.6 Å². The molecule has 3 atom stereocenters. The van der Waals surface area contributed by atoms with E-state index < -0.39 is 23.7 Å². The summed E-state index contributed by atoms with van der Waals surface area (Å²) in [5.74, 6) is -2.04. The van der Waals surface area contributed by atoms with Gasteiger partial charge in [-0.1, -0.05) is 17.3 Å². The molecule has 5 rings (SSSR count). The first-order valence-corrected chi connectivity index (χ1v) is 12.4. The molecule has 0 spiro atoms. The Hall–Kier alpha value is -3.59. The van der Waals surface area contributed by atoms with Crippen molar-refractivity contribution >= 4 is 22.7 Å². The van der Waals surface area contributed by atoms with Crippen LogP contribution in [0.3, 0.4) is 0 Å². The smallest absolute Gasteiger partial charge is 0.307 e. The van der Waals surface area contributed by atoms with E-state index in [1.807, 2.05) is 0 Å². The predicted octanol–water partition coefficient (Wildman–Crippen LogP) is 3.21. The van der Waals surface area contributed by atoms with Gasteiger partial charge < -0.3 is 14.6 Å². The Morgan fingerprint density at radius 3 is 2.53 bits per heavy atom. The van der Waals surface area contributed by atoms with Gasteiger partial charge in [0, 0.05) is 24.7 Å². The maximum Gasteiger partial charge on any atom is 0.307 e. The minimum Gasteiger partial charge on any atom is -0.493 e.